The van der Waals surface area contributed by atoms with E-state index >= 15 is 0 Å². The van der Waals surface area contributed by atoms with E-state index in [1.54, 1.807) is 0 Å². The lowest BCUT2D eigenvalue weighted by Crippen LogP contribution is -2.40. The molecule has 5 nitrogen and oxygen atoms in total. The van der Waals surface area contributed by atoms with Crippen molar-refractivity contribution >= 4 is 17.5 Å². The van der Waals surface area contributed by atoms with E-state index < -0.39 is 5.97 Å². The van der Waals surface area contributed by atoms with Crippen LogP contribution in [0.2, 0.25) is 0 Å². The second kappa shape index (κ2) is 4.81. The van der Waals surface area contributed by atoms with Gasteiger partial charge in [-0.3, -0.25) is 4.79 Å². The van der Waals surface area contributed by atoms with Crippen molar-refractivity contribution in [1.82, 2.24) is 0 Å². The average molecular weight is 365 g/mol. The van der Waals surface area contributed by atoms with Crippen LogP contribution in [0.5, 0.6) is 0 Å². The number of hydrogen-bond donors (Lipinski definition) is 0. The summed E-state index contributed by atoms with van der Waals surface area (Å²) in [5.41, 5.74) is 4.37. The normalized spacial score (nSPS) is 39.7. The van der Waals surface area contributed by atoms with Crippen LogP contribution in [-0.2, 0) is 14.3 Å². The second-order valence-electron chi connectivity index (χ2n) is 9.23. The summed E-state index contributed by atoms with van der Waals surface area (Å²) in [5, 5.41) is 13.2. The highest BCUT2D eigenvalue weighted by molar-refractivity contribution is 6.18. The van der Waals surface area contributed by atoms with Gasteiger partial charge in [0.15, 0.2) is 11.5 Å². The number of fused-ring (bicyclic) bond motifs is 3. The lowest BCUT2D eigenvalue weighted by molar-refractivity contribution is -0.538. The summed E-state index contributed by atoms with van der Waals surface area (Å²) in [6.07, 6.45) is 2.67. The molecule has 3 aliphatic heterocycles. The fraction of sp³-hybridized carbons (Fsp3) is 0.591. The largest absolute Gasteiger partial charge is 0.875 e. The number of carbonyl (C=O) groups excluding carboxylic acids is 2. The molecule has 0 amide bonds. The topological polar surface area (TPSA) is 69.4 Å². The Hall–Kier alpha value is -2.17. The predicted molar refractivity (Wildman–Crippen MR) is 94.8 cm³/mol. The van der Waals surface area contributed by atoms with Gasteiger partial charge in [0.05, 0.1) is 17.6 Å². The van der Waals surface area contributed by atoms with E-state index in [0.717, 1.165) is 37.1 Å². The van der Waals surface area contributed by atoms with Crippen molar-refractivity contribution in [3.8, 4) is 0 Å². The number of nitrogens with zero attached hydrogens (tertiary/aromatic N) is 1. The number of esters is 1. The number of carbonyl (C=O) groups is 2. The molecule has 3 aliphatic carbocycles. The molecule has 0 saturated carbocycles. The molecule has 0 unspecified atom stereocenters. The lowest BCUT2D eigenvalue weighted by atomic mass is 9.66. The number of ketones is 1. The molecule has 3 heterocycles. The van der Waals surface area contributed by atoms with Crippen LogP contribution in [0.1, 0.15) is 39.5 Å². The Morgan fingerprint density at radius 2 is 1.96 bits per heavy atom. The maximum absolute atomic E-state index is 13.7. The minimum absolute atomic E-state index is 0.0649. The average Bonchev–Trinajstić information content (AvgIpc) is 3.07. The van der Waals surface area contributed by atoms with Crippen LogP contribution in [0.15, 0.2) is 33.6 Å². The molecule has 27 heavy (non-hydrogen) atoms. The number of hydrogen-bond acceptors (Lipinski definition) is 4. The summed E-state index contributed by atoms with van der Waals surface area (Å²) < 4.78 is 7.81. The van der Waals surface area contributed by atoms with Gasteiger partial charge in [0.25, 0.3) is 0 Å². The van der Waals surface area contributed by atoms with Gasteiger partial charge in [0.2, 0.25) is 0 Å². The highest BCUT2D eigenvalue weighted by Crippen LogP contribution is 2.60. The highest BCUT2D eigenvalue weighted by atomic mass is 16.5. The first-order valence-corrected chi connectivity index (χ1v) is 10.1. The first-order valence-electron chi connectivity index (χ1n) is 10.1. The van der Waals surface area contributed by atoms with Gasteiger partial charge >= 0.3 is 5.97 Å². The first-order chi connectivity index (χ1) is 12.9. The standard InChI is InChI=1S/C22H23NO4/c1-10-8-23-9-11-3-4-14(24)16-12-5-6-27-21(26)17(12)18-19(16)22(11,2)15(23)7-13(10)20(18)25/h10-11,13H,3-9H2,1-2H3/t10-,11-,13-,22-/m1/s1. The van der Waals surface area contributed by atoms with E-state index in [-0.39, 0.29) is 28.8 Å². The van der Waals surface area contributed by atoms with Crippen LogP contribution in [0, 0.1) is 23.2 Å². The van der Waals surface area contributed by atoms with Gasteiger partial charge < -0.3 is 9.84 Å². The van der Waals surface area contributed by atoms with Crippen LogP contribution in [0.4, 0.5) is 0 Å². The molecule has 0 saturated heterocycles. The van der Waals surface area contributed by atoms with E-state index in [9.17, 15) is 14.7 Å². The molecule has 0 aromatic carbocycles. The minimum atomic E-state index is -0.412. The number of Topliss-reactive ketones (excluding diaryl/α,β-unsaturated/α-hetero) is 1. The van der Waals surface area contributed by atoms with Gasteiger partial charge in [-0.05, 0) is 36.5 Å². The Labute approximate surface area is 158 Å². The summed E-state index contributed by atoms with van der Waals surface area (Å²) in [7, 11) is 0. The number of ether oxygens (including phenoxy) is 1. The van der Waals surface area contributed by atoms with E-state index in [0.29, 0.717) is 42.1 Å². The number of rotatable bonds is 0. The number of cyclic esters (lactones) is 1. The molecule has 4 atom stereocenters. The van der Waals surface area contributed by atoms with E-state index in [1.165, 1.54) is 5.71 Å². The van der Waals surface area contributed by atoms with E-state index in [4.69, 9.17) is 4.74 Å². The van der Waals surface area contributed by atoms with Crippen LogP contribution in [0.3, 0.4) is 0 Å². The molecule has 5 heteroatoms. The third kappa shape index (κ3) is 1.66. The third-order valence-corrected chi connectivity index (χ3v) is 8.09. The summed E-state index contributed by atoms with van der Waals surface area (Å²) in [6.45, 7) is 6.54. The molecule has 6 rings (SSSR count). The van der Waals surface area contributed by atoms with Crippen LogP contribution < -0.4 is 5.11 Å². The van der Waals surface area contributed by atoms with Gasteiger partial charge in [-0.1, -0.05) is 6.92 Å². The zero-order chi connectivity index (χ0) is 18.7. The van der Waals surface area contributed by atoms with Crippen molar-refractivity contribution in [3.63, 3.8) is 0 Å². The Kier molecular flexibility index (Phi) is 2.82. The van der Waals surface area contributed by atoms with Crippen molar-refractivity contribution in [2.45, 2.75) is 39.5 Å². The van der Waals surface area contributed by atoms with Crippen molar-refractivity contribution in [2.75, 3.05) is 19.7 Å². The molecular weight excluding hydrogens is 342 g/mol. The molecule has 0 N–H and O–H groups in total. The molecular formula is C22H23NO4. The van der Waals surface area contributed by atoms with Crippen LogP contribution >= 0.6 is 0 Å². The smallest absolute Gasteiger partial charge is 0.339 e. The molecule has 0 aromatic heterocycles. The third-order valence-electron chi connectivity index (χ3n) is 8.09. The summed E-state index contributed by atoms with van der Waals surface area (Å²) in [4.78, 5) is 26.4. The Morgan fingerprint density at radius 3 is 2.78 bits per heavy atom. The zero-order valence-corrected chi connectivity index (χ0v) is 15.8. The van der Waals surface area contributed by atoms with E-state index in [2.05, 4.69) is 18.4 Å². The van der Waals surface area contributed by atoms with Crippen molar-refractivity contribution in [1.29, 1.82) is 0 Å². The maximum atomic E-state index is 13.7. The van der Waals surface area contributed by atoms with Crippen LogP contribution in [-0.4, -0.2) is 41.7 Å². The monoisotopic (exact) mass is 365 g/mol. The van der Waals surface area contributed by atoms with Crippen molar-refractivity contribution in [2.24, 2.45) is 23.2 Å². The lowest BCUT2D eigenvalue weighted by Gasteiger charge is -2.32. The van der Waals surface area contributed by atoms with Gasteiger partial charge in [0.1, 0.15) is 13.1 Å². The van der Waals surface area contributed by atoms with E-state index in [1.807, 2.05) is 0 Å². The predicted octanol–water partition coefficient (Wildman–Crippen LogP) is 1.28. The minimum Gasteiger partial charge on any atom is -0.875 e. The van der Waals surface area contributed by atoms with Crippen molar-refractivity contribution < 1.29 is 24.0 Å². The van der Waals surface area contributed by atoms with Gasteiger partial charge in [-0.15, -0.1) is 5.76 Å². The fourth-order valence-corrected chi connectivity index (χ4v) is 6.77. The summed E-state index contributed by atoms with van der Waals surface area (Å²) >= 11 is 0. The highest BCUT2D eigenvalue weighted by Gasteiger charge is 2.63. The zero-order valence-electron chi connectivity index (χ0n) is 15.8. The molecule has 0 aromatic rings. The van der Waals surface area contributed by atoms with Gasteiger partial charge in [0, 0.05) is 36.2 Å². The maximum Gasteiger partial charge on any atom is 0.339 e. The van der Waals surface area contributed by atoms with Gasteiger partial charge in [-0.25, -0.2) is 9.37 Å². The molecule has 0 spiro atoms. The quantitative estimate of drug-likeness (QED) is 0.479. The SMILES string of the molecule is C[C@@H]1C[N+]2=C3C[C@H]1C(=O)C1=C4C(=C([O-])CC[C@H](C2)[C@@]43C)C2=C1C(=O)OCC2. The molecule has 2 bridgehead atoms. The summed E-state index contributed by atoms with van der Waals surface area (Å²) in [6, 6.07) is 0. The van der Waals surface area contributed by atoms with Gasteiger partial charge in [-0.2, -0.15) is 0 Å². The Balaban J connectivity index is 1.74. The molecule has 6 aliphatic rings. The number of allylic oxidation sites excluding steroid dienone is 3. The van der Waals surface area contributed by atoms with Crippen LogP contribution in [0.25, 0.3) is 0 Å². The fourth-order valence-electron chi connectivity index (χ4n) is 6.77. The first kappa shape index (κ1) is 15.8. The Morgan fingerprint density at radius 1 is 1.15 bits per heavy atom. The van der Waals surface area contributed by atoms with Crippen molar-refractivity contribution in [3.05, 3.63) is 33.6 Å². The Bertz CT molecular complexity index is 978. The second-order valence-corrected chi connectivity index (χ2v) is 9.23. The molecule has 0 fully saturated rings. The summed E-state index contributed by atoms with van der Waals surface area (Å²) in [5.74, 6) is 0.245. The molecule has 0 radical (unpaired) electrons. The molecule has 140 valence electrons.